The van der Waals surface area contributed by atoms with Gasteiger partial charge in [0.15, 0.2) is 0 Å². The summed E-state index contributed by atoms with van der Waals surface area (Å²) in [4.78, 5) is 25.9. The second kappa shape index (κ2) is 42.2. The van der Waals surface area contributed by atoms with Gasteiger partial charge in [0.05, 0.1) is 25.2 Å². The smallest absolute Gasteiger partial charge is 0.306 e. The third-order valence-electron chi connectivity index (χ3n) is 10.5. The van der Waals surface area contributed by atoms with Gasteiger partial charge in [0.25, 0.3) is 0 Å². The van der Waals surface area contributed by atoms with Crippen LogP contribution >= 0.6 is 0 Å². The zero-order chi connectivity index (χ0) is 39.6. The van der Waals surface area contributed by atoms with Gasteiger partial charge < -0.3 is 20.3 Å². The number of nitrogens with one attached hydrogen (secondary N) is 1. The number of esters is 1. The Morgan fingerprint density at radius 2 is 0.944 bits per heavy atom. The van der Waals surface area contributed by atoms with Crippen molar-refractivity contribution >= 4 is 11.9 Å². The molecule has 0 radical (unpaired) electrons. The maximum Gasteiger partial charge on any atom is 0.306 e. The van der Waals surface area contributed by atoms with E-state index in [0.717, 1.165) is 64.2 Å². The van der Waals surface area contributed by atoms with E-state index in [0.29, 0.717) is 19.3 Å². The van der Waals surface area contributed by atoms with Gasteiger partial charge in [-0.05, 0) is 70.6 Å². The second-order valence-electron chi connectivity index (χ2n) is 15.8. The second-order valence-corrected chi connectivity index (χ2v) is 15.8. The molecule has 6 heteroatoms. The van der Waals surface area contributed by atoms with Gasteiger partial charge in [0.2, 0.25) is 5.91 Å². The predicted octanol–water partition coefficient (Wildman–Crippen LogP) is 13.3. The maximum absolute atomic E-state index is 13.1. The first-order valence-electron chi connectivity index (χ1n) is 23.2. The highest BCUT2D eigenvalue weighted by molar-refractivity contribution is 5.77. The summed E-state index contributed by atoms with van der Waals surface area (Å²) >= 11 is 0. The topological polar surface area (TPSA) is 95.9 Å². The summed E-state index contributed by atoms with van der Waals surface area (Å²) in [5.41, 5.74) is 0. The highest BCUT2D eigenvalue weighted by Crippen LogP contribution is 2.16. The molecule has 0 aliphatic heterocycles. The number of hydrogen-bond donors (Lipinski definition) is 3. The number of carbonyl (C=O) groups is 2. The van der Waals surface area contributed by atoms with Gasteiger partial charge in [-0.25, -0.2) is 0 Å². The lowest BCUT2D eigenvalue weighted by Gasteiger charge is -2.24. The normalized spacial score (nSPS) is 13.6. The fourth-order valence-corrected chi connectivity index (χ4v) is 6.89. The maximum atomic E-state index is 13.1. The Kier molecular flexibility index (Phi) is 40.7. The van der Waals surface area contributed by atoms with E-state index in [2.05, 4.69) is 56.5 Å². The third kappa shape index (κ3) is 37.0. The van der Waals surface area contributed by atoms with Crippen LogP contribution < -0.4 is 5.32 Å². The van der Waals surface area contributed by atoms with Gasteiger partial charge in [-0.3, -0.25) is 9.59 Å². The summed E-state index contributed by atoms with van der Waals surface area (Å²) in [6.07, 6.45) is 47.8. The summed E-state index contributed by atoms with van der Waals surface area (Å²) in [6, 6.07) is -0.712. The Morgan fingerprint density at radius 1 is 0.537 bits per heavy atom. The van der Waals surface area contributed by atoms with E-state index in [9.17, 15) is 19.8 Å². The largest absolute Gasteiger partial charge is 0.462 e. The van der Waals surface area contributed by atoms with E-state index in [1.165, 1.54) is 116 Å². The minimum Gasteiger partial charge on any atom is -0.462 e. The Hall–Kier alpha value is -1.92. The van der Waals surface area contributed by atoms with E-state index in [1.807, 2.05) is 6.08 Å². The molecule has 3 N–H and O–H groups in total. The average molecular weight is 760 g/mol. The van der Waals surface area contributed by atoms with Gasteiger partial charge in [0.1, 0.15) is 6.10 Å². The molecule has 6 nitrogen and oxygen atoms in total. The van der Waals surface area contributed by atoms with Crippen LogP contribution in [0.4, 0.5) is 0 Å². The third-order valence-corrected chi connectivity index (χ3v) is 10.5. The van der Waals surface area contributed by atoms with Gasteiger partial charge in [-0.2, -0.15) is 0 Å². The predicted molar refractivity (Wildman–Crippen MR) is 232 cm³/mol. The molecule has 0 saturated heterocycles. The molecule has 0 aromatic rings. The van der Waals surface area contributed by atoms with Crippen molar-refractivity contribution < 1.29 is 24.5 Å². The number of aliphatic hydroxyl groups excluding tert-OH is 2. The van der Waals surface area contributed by atoms with Crippen LogP contribution in [0.5, 0.6) is 0 Å². The molecule has 0 aromatic heterocycles. The molecule has 0 heterocycles. The lowest BCUT2D eigenvalue weighted by atomic mass is 10.0. The van der Waals surface area contributed by atoms with Crippen LogP contribution in [-0.4, -0.2) is 46.9 Å². The van der Waals surface area contributed by atoms with Crippen molar-refractivity contribution in [1.29, 1.82) is 0 Å². The fraction of sp³-hybridized carbons (Fsp3) is 0.833. The Balaban J connectivity index is 4.63. The Labute approximate surface area is 334 Å². The first-order valence-corrected chi connectivity index (χ1v) is 23.2. The van der Waals surface area contributed by atoms with Crippen LogP contribution in [0, 0.1) is 0 Å². The summed E-state index contributed by atoms with van der Waals surface area (Å²) in [5, 5.41) is 23.6. The van der Waals surface area contributed by atoms with E-state index in [1.54, 1.807) is 0 Å². The van der Waals surface area contributed by atoms with Gasteiger partial charge in [-0.1, -0.05) is 186 Å². The monoisotopic (exact) mass is 760 g/mol. The van der Waals surface area contributed by atoms with Crippen molar-refractivity contribution in [3.8, 4) is 0 Å². The lowest BCUT2D eigenvalue weighted by molar-refractivity contribution is -0.150. The number of allylic oxidation sites excluding steroid dienone is 6. The fourth-order valence-electron chi connectivity index (χ4n) is 6.89. The van der Waals surface area contributed by atoms with Crippen LogP contribution in [-0.2, 0) is 14.3 Å². The van der Waals surface area contributed by atoms with Crippen molar-refractivity contribution in [1.82, 2.24) is 5.32 Å². The quantitative estimate of drug-likeness (QED) is 0.0328. The molecule has 3 unspecified atom stereocenters. The zero-order valence-corrected chi connectivity index (χ0v) is 35.9. The van der Waals surface area contributed by atoms with E-state index >= 15 is 0 Å². The molecule has 0 aliphatic carbocycles. The van der Waals surface area contributed by atoms with Crippen molar-refractivity contribution in [2.45, 2.75) is 251 Å². The van der Waals surface area contributed by atoms with Gasteiger partial charge >= 0.3 is 5.97 Å². The molecule has 3 atom stereocenters. The average Bonchev–Trinajstić information content (AvgIpc) is 3.16. The van der Waals surface area contributed by atoms with Crippen molar-refractivity contribution in [2.24, 2.45) is 0 Å². The van der Waals surface area contributed by atoms with Gasteiger partial charge in [0, 0.05) is 6.42 Å². The Bertz CT molecular complexity index is 900. The van der Waals surface area contributed by atoms with Crippen LogP contribution in [0.15, 0.2) is 36.5 Å². The van der Waals surface area contributed by atoms with Gasteiger partial charge in [-0.15, -0.1) is 0 Å². The highest BCUT2D eigenvalue weighted by Gasteiger charge is 2.24. The standard InChI is InChI=1S/C48H89NO5/c1-4-7-10-13-16-19-22-24-26-29-32-35-38-41-48(53)54-44(39-36-33-30-27-21-18-15-12-9-6-3)42-47(52)49-45(43-50)46(51)40-37-34-31-28-25-23-20-17-14-11-8-5-2/h18,21,24,26,32,35,44-46,50-51H,4-17,19-20,22-23,25,27-31,33-34,36-43H2,1-3H3,(H,49,52)/b21-18-,26-24-,35-32+. The van der Waals surface area contributed by atoms with Crippen molar-refractivity contribution in [3.63, 3.8) is 0 Å². The van der Waals surface area contributed by atoms with E-state index in [-0.39, 0.29) is 31.3 Å². The summed E-state index contributed by atoms with van der Waals surface area (Å²) in [5.74, 6) is -0.569. The number of hydrogen-bond acceptors (Lipinski definition) is 5. The molecule has 0 spiro atoms. The molecule has 54 heavy (non-hydrogen) atoms. The Morgan fingerprint density at radius 3 is 1.48 bits per heavy atom. The van der Waals surface area contributed by atoms with Crippen LogP contribution in [0.2, 0.25) is 0 Å². The summed E-state index contributed by atoms with van der Waals surface area (Å²) < 4.78 is 5.85. The summed E-state index contributed by atoms with van der Waals surface area (Å²) in [7, 11) is 0. The number of rotatable bonds is 41. The molecule has 0 bridgehead atoms. The zero-order valence-electron chi connectivity index (χ0n) is 35.9. The molecule has 0 rings (SSSR count). The molecule has 0 aliphatic rings. The molecule has 0 saturated carbocycles. The first-order chi connectivity index (χ1) is 26.5. The SMILES string of the molecule is CCCCC/C=C\CCCCCC(CC(=O)NC(CO)C(O)CCCCCCCCCCCCCC)OC(=O)CC/C=C/C/C=C\CCCCCCCC. The molecule has 0 aromatic carbocycles. The minimum atomic E-state index is -0.796. The number of aliphatic hydroxyl groups is 2. The number of amides is 1. The van der Waals surface area contributed by atoms with E-state index < -0.39 is 18.2 Å². The lowest BCUT2D eigenvalue weighted by Crippen LogP contribution is -2.46. The molecular formula is C48H89NO5. The van der Waals surface area contributed by atoms with Crippen molar-refractivity contribution in [3.05, 3.63) is 36.5 Å². The summed E-state index contributed by atoms with van der Waals surface area (Å²) in [6.45, 7) is 6.41. The molecule has 0 fully saturated rings. The number of carbonyl (C=O) groups excluding carboxylic acids is 2. The number of ether oxygens (including phenoxy) is 1. The highest BCUT2D eigenvalue weighted by atomic mass is 16.5. The number of unbranched alkanes of at least 4 members (excludes halogenated alkanes) is 23. The molecule has 316 valence electrons. The van der Waals surface area contributed by atoms with Crippen molar-refractivity contribution in [2.75, 3.05) is 6.61 Å². The molecular weight excluding hydrogens is 671 g/mol. The van der Waals surface area contributed by atoms with Crippen LogP contribution in [0.3, 0.4) is 0 Å². The first kappa shape index (κ1) is 52.1. The van der Waals surface area contributed by atoms with Crippen LogP contribution in [0.1, 0.15) is 233 Å². The van der Waals surface area contributed by atoms with Crippen LogP contribution in [0.25, 0.3) is 0 Å². The minimum absolute atomic E-state index is 0.0458. The molecule has 1 amide bonds. The van der Waals surface area contributed by atoms with E-state index in [4.69, 9.17) is 4.74 Å².